The summed E-state index contributed by atoms with van der Waals surface area (Å²) in [4.78, 5) is 21.4. The van der Waals surface area contributed by atoms with Gasteiger partial charge in [0.15, 0.2) is 0 Å². The fourth-order valence-corrected chi connectivity index (χ4v) is 3.25. The summed E-state index contributed by atoms with van der Waals surface area (Å²) in [6.45, 7) is 5.99. The maximum Gasteiger partial charge on any atom is 0.272 e. The number of carbonyl (C=O) groups is 1. The van der Waals surface area contributed by atoms with Crippen LogP contribution >= 0.6 is 11.6 Å². The van der Waals surface area contributed by atoms with Crippen LogP contribution in [-0.2, 0) is 4.74 Å². The second-order valence-electron chi connectivity index (χ2n) is 6.17. The fraction of sp³-hybridized carbons (Fsp3) is 0.444. The lowest BCUT2D eigenvalue weighted by atomic mass is 10.2. The van der Waals surface area contributed by atoms with Gasteiger partial charge in [-0.25, -0.2) is 4.98 Å². The van der Waals surface area contributed by atoms with Crippen LogP contribution in [0.4, 0.5) is 0 Å². The lowest BCUT2D eigenvalue weighted by molar-refractivity contribution is 0.0445. The molecule has 1 aromatic carbocycles. The van der Waals surface area contributed by atoms with Gasteiger partial charge in [-0.1, -0.05) is 23.7 Å². The van der Waals surface area contributed by atoms with Crippen LogP contribution in [0, 0.1) is 0 Å². The van der Waals surface area contributed by atoms with Crippen molar-refractivity contribution >= 4 is 28.4 Å². The van der Waals surface area contributed by atoms with Gasteiger partial charge in [-0.2, -0.15) is 0 Å². The number of halogens is 1. The highest BCUT2D eigenvalue weighted by Crippen LogP contribution is 2.19. The molecule has 1 aliphatic rings. The van der Waals surface area contributed by atoms with Crippen molar-refractivity contribution in [2.24, 2.45) is 0 Å². The number of aromatic nitrogens is 1. The second kappa shape index (κ2) is 7.47. The van der Waals surface area contributed by atoms with Crippen molar-refractivity contribution in [3.05, 3.63) is 41.0 Å². The van der Waals surface area contributed by atoms with E-state index in [1.54, 1.807) is 19.2 Å². The van der Waals surface area contributed by atoms with Gasteiger partial charge in [0.25, 0.3) is 5.91 Å². The van der Waals surface area contributed by atoms with Crippen molar-refractivity contribution in [3.63, 3.8) is 0 Å². The first-order chi connectivity index (χ1) is 11.6. The summed E-state index contributed by atoms with van der Waals surface area (Å²) in [7, 11) is 1.72. The van der Waals surface area contributed by atoms with Crippen molar-refractivity contribution in [3.8, 4) is 0 Å². The number of methoxy groups -OCH3 is 1. The Morgan fingerprint density at radius 3 is 2.67 bits per heavy atom. The van der Waals surface area contributed by atoms with E-state index in [-0.39, 0.29) is 5.91 Å². The highest BCUT2D eigenvalue weighted by Gasteiger charge is 2.25. The molecule has 6 heteroatoms. The molecule has 0 N–H and O–H groups in total. The molecule has 0 unspecified atom stereocenters. The summed E-state index contributed by atoms with van der Waals surface area (Å²) in [6, 6.07) is 9.61. The van der Waals surface area contributed by atoms with Gasteiger partial charge >= 0.3 is 0 Å². The maximum absolute atomic E-state index is 12.7. The maximum atomic E-state index is 12.7. The molecule has 5 nitrogen and oxygen atoms in total. The molecule has 2 heterocycles. The lowest BCUT2D eigenvalue weighted by Gasteiger charge is -2.37. The molecule has 1 atom stereocenters. The van der Waals surface area contributed by atoms with E-state index in [0.29, 0.717) is 36.5 Å². The van der Waals surface area contributed by atoms with E-state index in [1.165, 1.54) is 0 Å². The summed E-state index contributed by atoms with van der Waals surface area (Å²) in [6.07, 6.45) is 0. The Morgan fingerprint density at radius 1 is 1.25 bits per heavy atom. The van der Waals surface area contributed by atoms with Gasteiger partial charge in [-0.05, 0) is 25.1 Å². The molecule has 1 saturated heterocycles. The van der Waals surface area contributed by atoms with Crippen LogP contribution in [0.1, 0.15) is 17.4 Å². The van der Waals surface area contributed by atoms with E-state index in [9.17, 15) is 4.79 Å². The third kappa shape index (κ3) is 3.69. The summed E-state index contributed by atoms with van der Waals surface area (Å²) >= 11 is 6.02. The predicted octanol–water partition coefficient (Wildman–Crippen LogP) is 2.68. The zero-order chi connectivity index (χ0) is 17.1. The van der Waals surface area contributed by atoms with Gasteiger partial charge in [0, 0.05) is 49.7 Å². The Kier molecular flexibility index (Phi) is 5.33. The Morgan fingerprint density at radius 2 is 1.96 bits per heavy atom. The number of hydrogen-bond acceptors (Lipinski definition) is 4. The Labute approximate surface area is 147 Å². The van der Waals surface area contributed by atoms with Gasteiger partial charge in [0.2, 0.25) is 0 Å². The Bertz CT molecular complexity index is 729. The third-order valence-corrected chi connectivity index (χ3v) is 4.74. The fourth-order valence-electron chi connectivity index (χ4n) is 3.08. The molecule has 0 spiro atoms. The highest BCUT2D eigenvalue weighted by atomic mass is 35.5. The quantitative estimate of drug-likeness (QED) is 0.853. The molecule has 3 rings (SSSR count). The molecule has 128 valence electrons. The Hall–Kier alpha value is -1.69. The predicted molar refractivity (Wildman–Crippen MR) is 95.6 cm³/mol. The number of rotatable bonds is 4. The summed E-state index contributed by atoms with van der Waals surface area (Å²) in [5.41, 5.74) is 1.23. The zero-order valence-corrected chi connectivity index (χ0v) is 14.8. The highest BCUT2D eigenvalue weighted by molar-refractivity contribution is 6.31. The largest absolute Gasteiger partial charge is 0.383 e. The van der Waals surface area contributed by atoms with Crippen LogP contribution in [0.25, 0.3) is 10.9 Å². The number of fused-ring (bicyclic) bond motifs is 1. The Balaban J connectivity index is 1.69. The topological polar surface area (TPSA) is 45.7 Å². The van der Waals surface area contributed by atoms with E-state index in [4.69, 9.17) is 16.3 Å². The monoisotopic (exact) mass is 347 g/mol. The number of benzene rings is 1. The molecule has 1 amide bonds. The van der Waals surface area contributed by atoms with Crippen molar-refractivity contribution in [1.29, 1.82) is 0 Å². The molecule has 1 aliphatic heterocycles. The summed E-state index contributed by atoms with van der Waals surface area (Å²) in [5, 5.41) is 1.61. The standard InChI is InChI=1S/C18H22ClN3O2/c1-13(12-24-2)21-7-9-22(10-8-21)18(23)16-6-4-14-3-5-15(19)11-17(14)20-16/h3-6,11,13H,7-10,12H2,1-2H3/t13-/m1/s1. The van der Waals surface area contributed by atoms with Gasteiger partial charge in [-0.15, -0.1) is 0 Å². The van der Waals surface area contributed by atoms with E-state index in [1.807, 2.05) is 23.1 Å². The number of pyridine rings is 1. The van der Waals surface area contributed by atoms with Gasteiger partial charge in [0.05, 0.1) is 12.1 Å². The first kappa shape index (κ1) is 17.1. The molecular formula is C18H22ClN3O2. The minimum absolute atomic E-state index is 0.0177. The van der Waals surface area contributed by atoms with Crippen molar-refractivity contribution < 1.29 is 9.53 Å². The summed E-state index contributed by atoms with van der Waals surface area (Å²) in [5.74, 6) is -0.0177. The van der Waals surface area contributed by atoms with Gasteiger partial charge in [0.1, 0.15) is 5.69 Å². The molecule has 0 bridgehead atoms. The van der Waals surface area contributed by atoms with E-state index in [0.717, 1.165) is 24.0 Å². The number of hydrogen-bond donors (Lipinski definition) is 0. The normalized spacial score (nSPS) is 17.2. The van der Waals surface area contributed by atoms with Crippen LogP contribution in [-0.4, -0.2) is 66.6 Å². The van der Waals surface area contributed by atoms with Gasteiger partial charge in [-0.3, -0.25) is 9.69 Å². The first-order valence-electron chi connectivity index (χ1n) is 8.17. The number of amides is 1. The van der Waals surface area contributed by atoms with Crippen molar-refractivity contribution in [1.82, 2.24) is 14.8 Å². The molecule has 2 aromatic rings. The minimum atomic E-state index is -0.0177. The average molecular weight is 348 g/mol. The van der Waals surface area contributed by atoms with Crippen LogP contribution < -0.4 is 0 Å². The van der Waals surface area contributed by atoms with E-state index in [2.05, 4.69) is 16.8 Å². The molecular weight excluding hydrogens is 326 g/mol. The number of nitrogens with zero attached hydrogens (tertiary/aromatic N) is 3. The molecule has 1 aromatic heterocycles. The number of carbonyl (C=O) groups excluding carboxylic acids is 1. The minimum Gasteiger partial charge on any atom is -0.383 e. The van der Waals surface area contributed by atoms with Crippen molar-refractivity contribution in [2.45, 2.75) is 13.0 Å². The number of ether oxygens (including phenoxy) is 1. The SMILES string of the molecule is COC[C@@H](C)N1CCN(C(=O)c2ccc3ccc(Cl)cc3n2)CC1. The molecule has 0 radical (unpaired) electrons. The molecule has 24 heavy (non-hydrogen) atoms. The smallest absolute Gasteiger partial charge is 0.272 e. The van der Waals surface area contributed by atoms with Crippen LogP contribution in [0.15, 0.2) is 30.3 Å². The lowest BCUT2D eigenvalue weighted by Crippen LogP contribution is -2.52. The molecule has 0 aliphatic carbocycles. The summed E-state index contributed by atoms with van der Waals surface area (Å²) < 4.78 is 5.21. The van der Waals surface area contributed by atoms with E-state index < -0.39 is 0 Å². The van der Waals surface area contributed by atoms with E-state index >= 15 is 0 Å². The number of piperazine rings is 1. The van der Waals surface area contributed by atoms with Crippen LogP contribution in [0.3, 0.4) is 0 Å². The van der Waals surface area contributed by atoms with Crippen LogP contribution in [0.2, 0.25) is 5.02 Å². The molecule has 1 fully saturated rings. The third-order valence-electron chi connectivity index (χ3n) is 4.51. The van der Waals surface area contributed by atoms with Crippen LogP contribution in [0.5, 0.6) is 0 Å². The first-order valence-corrected chi connectivity index (χ1v) is 8.55. The van der Waals surface area contributed by atoms with Crippen molar-refractivity contribution in [2.75, 3.05) is 39.9 Å². The second-order valence-corrected chi connectivity index (χ2v) is 6.60. The zero-order valence-electron chi connectivity index (χ0n) is 14.0. The average Bonchev–Trinajstić information content (AvgIpc) is 2.60. The molecule has 0 saturated carbocycles. The van der Waals surface area contributed by atoms with Gasteiger partial charge < -0.3 is 9.64 Å².